The standard InChI is InChI=1S/C20H21ClF3N7O2/c1-5-33-18-11(3)14(7-15(21)27-18)26-19(32)25-8-12-6-10(2)16(29-28-12)13-9-31(4)30-17(13)20(22,23)24/h6-7,9H,5,8H2,1-4H3,(H2,25,26,27,32). The number of anilines is 1. The van der Waals surface area contributed by atoms with E-state index in [0.717, 1.165) is 4.68 Å². The number of rotatable bonds is 6. The molecule has 2 N–H and O–H groups in total. The van der Waals surface area contributed by atoms with E-state index in [2.05, 4.69) is 30.9 Å². The van der Waals surface area contributed by atoms with Crippen molar-refractivity contribution in [2.45, 2.75) is 33.5 Å². The second-order valence-electron chi connectivity index (χ2n) is 7.09. The normalized spacial score (nSPS) is 11.4. The molecule has 3 aromatic rings. The number of carbonyl (C=O) groups is 1. The Morgan fingerprint density at radius 2 is 1.97 bits per heavy atom. The zero-order valence-electron chi connectivity index (χ0n) is 18.2. The summed E-state index contributed by atoms with van der Waals surface area (Å²) in [6.07, 6.45) is -3.39. The molecule has 0 saturated carbocycles. The monoisotopic (exact) mass is 483 g/mol. The quantitative estimate of drug-likeness (QED) is 0.507. The van der Waals surface area contributed by atoms with Gasteiger partial charge in [0.05, 0.1) is 35.8 Å². The van der Waals surface area contributed by atoms with Crippen LogP contribution in [0.4, 0.5) is 23.7 Å². The molecule has 9 nitrogen and oxygen atoms in total. The molecular weight excluding hydrogens is 463 g/mol. The van der Waals surface area contributed by atoms with Crippen molar-refractivity contribution in [1.82, 2.24) is 30.3 Å². The van der Waals surface area contributed by atoms with Crippen molar-refractivity contribution in [3.05, 3.63) is 46.0 Å². The second kappa shape index (κ2) is 9.61. The van der Waals surface area contributed by atoms with E-state index < -0.39 is 17.9 Å². The van der Waals surface area contributed by atoms with E-state index in [1.54, 1.807) is 26.8 Å². The molecule has 0 saturated heterocycles. The molecule has 3 heterocycles. The van der Waals surface area contributed by atoms with Gasteiger partial charge in [0, 0.05) is 18.8 Å². The molecule has 2 amide bonds. The van der Waals surface area contributed by atoms with Crippen LogP contribution < -0.4 is 15.4 Å². The van der Waals surface area contributed by atoms with Crippen LogP contribution >= 0.6 is 11.6 Å². The Balaban J connectivity index is 1.72. The summed E-state index contributed by atoms with van der Waals surface area (Å²) in [7, 11) is 1.40. The highest BCUT2D eigenvalue weighted by molar-refractivity contribution is 6.29. The van der Waals surface area contributed by atoms with Crippen LogP contribution in [0.15, 0.2) is 18.3 Å². The summed E-state index contributed by atoms with van der Waals surface area (Å²) in [5.74, 6) is 0.311. The molecule has 0 radical (unpaired) electrons. The fraction of sp³-hybridized carbons (Fsp3) is 0.350. The molecule has 176 valence electrons. The Kier molecular flexibility index (Phi) is 7.06. The summed E-state index contributed by atoms with van der Waals surface area (Å²) >= 11 is 5.98. The average Bonchev–Trinajstić information content (AvgIpc) is 3.12. The minimum Gasteiger partial charge on any atom is -0.478 e. The smallest absolute Gasteiger partial charge is 0.435 e. The number of ether oxygens (including phenoxy) is 1. The molecule has 33 heavy (non-hydrogen) atoms. The molecule has 0 bridgehead atoms. The van der Waals surface area contributed by atoms with Crippen LogP contribution in [0.5, 0.6) is 5.88 Å². The van der Waals surface area contributed by atoms with Crippen molar-refractivity contribution in [3.8, 4) is 17.1 Å². The van der Waals surface area contributed by atoms with Gasteiger partial charge in [0.25, 0.3) is 0 Å². The van der Waals surface area contributed by atoms with Crippen molar-refractivity contribution in [2.24, 2.45) is 7.05 Å². The zero-order valence-corrected chi connectivity index (χ0v) is 19.0. The SMILES string of the molecule is CCOc1nc(Cl)cc(NC(=O)NCc2cc(C)c(-c3cn(C)nc3C(F)(F)F)nn2)c1C. The molecular formula is C20H21ClF3N7O2. The molecule has 0 aliphatic rings. The van der Waals surface area contributed by atoms with Crippen LogP contribution in [0.3, 0.4) is 0 Å². The lowest BCUT2D eigenvalue weighted by Gasteiger charge is -2.13. The highest BCUT2D eigenvalue weighted by atomic mass is 35.5. The Hall–Kier alpha value is -3.41. The van der Waals surface area contributed by atoms with Gasteiger partial charge in [-0.3, -0.25) is 4.68 Å². The number of nitrogens with one attached hydrogen (secondary N) is 2. The first-order valence-electron chi connectivity index (χ1n) is 9.78. The van der Waals surface area contributed by atoms with Gasteiger partial charge in [-0.25, -0.2) is 9.78 Å². The summed E-state index contributed by atoms with van der Waals surface area (Å²) in [5, 5.41) is 16.8. The van der Waals surface area contributed by atoms with Gasteiger partial charge in [-0.2, -0.15) is 23.4 Å². The number of hydrogen-bond acceptors (Lipinski definition) is 6. The molecule has 0 aliphatic heterocycles. The van der Waals surface area contributed by atoms with Crippen molar-refractivity contribution < 1.29 is 22.7 Å². The van der Waals surface area contributed by atoms with E-state index in [0.29, 0.717) is 35.0 Å². The van der Waals surface area contributed by atoms with Gasteiger partial charge < -0.3 is 15.4 Å². The number of amides is 2. The van der Waals surface area contributed by atoms with Gasteiger partial charge in [-0.1, -0.05) is 11.6 Å². The predicted octanol–water partition coefficient (Wildman–Crippen LogP) is 4.28. The Bertz CT molecular complexity index is 1180. The first kappa shape index (κ1) is 24.2. The Labute approximate surface area is 192 Å². The first-order chi connectivity index (χ1) is 15.5. The molecule has 0 unspecified atom stereocenters. The number of aromatic nitrogens is 5. The van der Waals surface area contributed by atoms with Crippen molar-refractivity contribution in [3.63, 3.8) is 0 Å². The third kappa shape index (κ3) is 5.69. The minimum absolute atomic E-state index is 0.00466. The van der Waals surface area contributed by atoms with Gasteiger partial charge in [0.2, 0.25) is 5.88 Å². The maximum Gasteiger partial charge on any atom is 0.435 e. The summed E-state index contributed by atoms with van der Waals surface area (Å²) in [6, 6.07) is 2.50. The summed E-state index contributed by atoms with van der Waals surface area (Å²) in [6.45, 7) is 5.52. The number of halogens is 4. The molecule has 0 atom stereocenters. The van der Waals surface area contributed by atoms with Crippen LogP contribution in [0.2, 0.25) is 5.15 Å². The fourth-order valence-electron chi connectivity index (χ4n) is 3.06. The van der Waals surface area contributed by atoms with Gasteiger partial charge >= 0.3 is 12.2 Å². The predicted molar refractivity (Wildman–Crippen MR) is 115 cm³/mol. The highest BCUT2D eigenvalue weighted by Crippen LogP contribution is 2.36. The molecule has 3 aromatic heterocycles. The van der Waals surface area contributed by atoms with Gasteiger partial charge in [-0.05, 0) is 38.5 Å². The van der Waals surface area contributed by atoms with E-state index in [1.807, 2.05) is 0 Å². The van der Waals surface area contributed by atoms with Gasteiger partial charge in [-0.15, -0.1) is 5.10 Å². The molecule has 3 rings (SSSR count). The second-order valence-corrected chi connectivity index (χ2v) is 7.48. The zero-order chi connectivity index (χ0) is 24.3. The highest BCUT2D eigenvalue weighted by Gasteiger charge is 2.38. The Morgan fingerprint density at radius 3 is 2.61 bits per heavy atom. The molecule has 0 aromatic carbocycles. The number of carbonyl (C=O) groups excluding carboxylic acids is 1. The number of nitrogens with zero attached hydrogens (tertiary/aromatic N) is 5. The molecule has 13 heteroatoms. The van der Waals surface area contributed by atoms with Crippen LogP contribution in [-0.4, -0.2) is 37.6 Å². The number of urea groups is 1. The fourth-order valence-corrected chi connectivity index (χ4v) is 3.25. The van der Waals surface area contributed by atoms with E-state index in [-0.39, 0.29) is 23.0 Å². The van der Waals surface area contributed by atoms with Crippen LogP contribution in [0.25, 0.3) is 11.3 Å². The van der Waals surface area contributed by atoms with Crippen molar-refractivity contribution in [2.75, 3.05) is 11.9 Å². The largest absolute Gasteiger partial charge is 0.478 e. The van der Waals surface area contributed by atoms with E-state index in [4.69, 9.17) is 16.3 Å². The number of alkyl halides is 3. The first-order valence-corrected chi connectivity index (χ1v) is 10.2. The maximum absolute atomic E-state index is 13.3. The van der Waals surface area contributed by atoms with Crippen molar-refractivity contribution >= 4 is 23.3 Å². The molecule has 0 fully saturated rings. The number of pyridine rings is 1. The van der Waals surface area contributed by atoms with Gasteiger partial charge in [0.1, 0.15) is 5.15 Å². The minimum atomic E-state index is -4.63. The third-order valence-electron chi connectivity index (χ3n) is 4.54. The topological polar surface area (TPSA) is 107 Å². The van der Waals surface area contributed by atoms with Crippen LogP contribution in [0, 0.1) is 13.8 Å². The van der Waals surface area contributed by atoms with E-state index >= 15 is 0 Å². The van der Waals surface area contributed by atoms with Crippen LogP contribution in [-0.2, 0) is 19.8 Å². The molecule has 0 spiro atoms. The Morgan fingerprint density at radius 1 is 1.24 bits per heavy atom. The lowest BCUT2D eigenvalue weighted by Crippen LogP contribution is -2.29. The summed E-state index contributed by atoms with van der Waals surface area (Å²) in [4.78, 5) is 16.4. The van der Waals surface area contributed by atoms with E-state index in [1.165, 1.54) is 19.3 Å². The van der Waals surface area contributed by atoms with Gasteiger partial charge in [0.15, 0.2) is 5.69 Å². The van der Waals surface area contributed by atoms with E-state index in [9.17, 15) is 18.0 Å². The van der Waals surface area contributed by atoms with Crippen molar-refractivity contribution in [1.29, 1.82) is 0 Å². The lowest BCUT2D eigenvalue weighted by atomic mass is 10.1. The number of aryl methyl sites for hydroxylation is 2. The number of hydrogen-bond donors (Lipinski definition) is 2. The average molecular weight is 484 g/mol. The summed E-state index contributed by atoms with van der Waals surface area (Å²) in [5.41, 5.74) is 0.710. The lowest BCUT2D eigenvalue weighted by molar-refractivity contribution is -0.141. The third-order valence-corrected chi connectivity index (χ3v) is 4.74. The van der Waals surface area contributed by atoms with Crippen LogP contribution in [0.1, 0.15) is 29.4 Å². The maximum atomic E-state index is 13.3. The molecule has 0 aliphatic carbocycles. The summed E-state index contributed by atoms with van der Waals surface area (Å²) < 4.78 is 46.3.